The Balaban J connectivity index is 4.62. The number of hydrogen-bond acceptors (Lipinski definition) is 10. The molecular formula is C48H76NO11P. The van der Waals surface area contributed by atoms with Crippen molar-refractivity contribution in [2.24, 2.45) is 5.73 Å². The average Bonchev–Trinajstić information content (AvgIpc) is 3.23. The first kappa shape index (κ1) is 57.1. The van der Waals surface area contributed by atoms with E-state index in [4.69, 9.17) is 24.8 Å². The topological polar surface area (TPSA) is 192 Å². The summed E-state index contributed by atoms with van der Waals surface area (Å²) in [4.78, 5) is 46.0. The number of aliphatic hydroxyl groups is 1. The molecule has 0 saturated carbocycles. The van der Waals surface area contributed by atoms with Crippen molar-refractivity contribution < 1.29 is 52.6 Å². The summed E-state index contributed by atoms with van der Waals surface area (Å²) < 4.78 is 32.6. The molecule has 0 aromatic rings. The van der Waals surface area contributed by atoms with Crippen molar-refractivity contribution in [2.75, 3.05) is 19.8 Å². The van der Waals surface area contributed by atoms with Crippen molar-refractivity contribution in [3.8, 4) is 0 Å². The SMILES string of the molecule is CC/C=C\C/C=C\C/C=C\C/C=C\C/C=C\CCCCCC(=O)OC[C@H](COP(=O)(O)OC[C@H](N)C(=O)O)OC(=O)CCC/C=C/C=C\C(O)C/C=C\C/C=C\CCCCC. The van der Waals surface area contributed by atoms with E-state index in [9.17, 15) is 28.9 Å². The van der Waals surface area contributed by atoms with Crippen LogP contribution in [0, 0.1) is 0 Å². The van der Waals surface area contributed by atoms with E-state index in [2.05, 4.69) is 91.3 Å². The Morgan fingerprint density at radius 3 is 1.72 bits per heavy atom. The zero-order chi connectivity index (χ0) is 45.1. The van der Waals surface area contributed by atoms with Gasteiger partial charge in [0.1, 0.15) is 12.6 Å². The molecular weight excluding hydrogens is 797 g/mol. The molecule has 61 heavy (non-hydrogen) atoms. The lowest BCUT2D eigenvalue weighted by Crippen LogP contribution is -2.34. The standard InChI is InChI=1S/C48H76NO11P/c1-3-5-7-9-11-13-14-15-16-17-18-19-20-21-22-24-26-30-34-38-46(51)57-40-44(41-58-61(55,56)59-42-45(49)48(53)54)60-47(52)39-35-31-27-29-33-37-43(50)36-32-28-25-23-12-10-8-6-4-2/h5,7,11-13,15-16,18-19,21-23,27-29,32-33,37,43-45,50H,3-4,6,8-10,14,17,20,24-26,30-31,34-36,38-42,49H2,1-2H3,(H,53,54)(H,55,56)/b7-5-,13-11-,16-15-,19-18-,22-21-,23-12-,29-27+,32-28-,37-33-/t43?,44-,45+/m1/s1. The molecule has 0 rings (SSSR count). The number of nitrogens with two attached hydrogens (primary N) is 1. The van der Waals surface area contributed by atoms with Gasteiger partial charge in [-0.3, -0.25) is 23.4 Å². The minimum atomic E-state index is -4.77. The fraction of sp³-hybridized carbons (Fsp3) is 0.562. The third kappa shape index (κ3) is 41.2. The van der Waals surface area contributed by atoms with Gasteiger partial charge < -0.3 is 30.3 Å². The highest BCUT2D eigenvalue weighted by Gasteiger charge is 2.28. The van der Waals surface area contributed by atoms with Crippen LogP contribution in [0.15, 0.2) is 109 Å². The second-order valence-electron chi connectivity index (χ2n) is 14.3. The molecule has 0 aliphatic heterocycles. The minimum Gasteiger partial charge on any atom is -0.480 e. The van der Waals surface area contributed by atoms with Gasteiger partial charge in [-0.1, -0.05) is 142 Å². The first-order valence-electron chi connectivity index (χ1n) is 22.0. The fourth-order valence-corrected chi connectivity index (χ4v) is 5.88. The van der Waals surface area contributed by atoms with Crippen LogP contribution in [0.1, 0.15) is 136 Å². The lowest BCUT2D eigenvalue weighted by molar-refractivity contribution is -0.161. The molecule has 0 aromatic heterocycles. The van der Waals surface area contributed by atoms with E-state index < -0.39 is 63.8 Å². The molecule has 344 valence electrons. The van der Waals surface area contributed by atoms with Crippen molar-refractivity contribution in [3.05, 3.63) is 109 Å². The highest BCUT2D eigenvalue weighted by atomic mass is 31.2. The maximum absolute atomic E-state index is 12.6. The highest BCUT2D eigenvalue weighted by molar-refractivity contribution is 7.47. The molecule has 0 amide bonds. The van der Waals surface area contributed by atoms with Crippen molar-refractivity contribution in [3.63, 3.8) is 0 Å². The molecule has 0 aliphatic carbocycles. The molecule has 0 fully saturated rings. The fourth-order valence-electron chi connectivity index (χ4n) is 5.10. The Hall–Kier alpha value is -3.90. The molecule has 0 aliphatic rings. The maximum Gasteiger partial charge on any atom is 0.472 e. The predicted molar refractivity (Wildman–Crippen MR) is 246 cm³/mol. The summed E-state index contributed by atoms with van der Waals surface area (Å²) in [5.74, 6) is -2.59. The quantitative estimate of drug-likeness (QED) is 0.0150. The van der Waals surface area contributed by atoms with Crippen LogP contribution in [0.2, 0.25) is 0 Å². The van der Waals surface area contributed by atoms with Crippen LogP contribution in [0.4, 0.5) is 0 Å². The zero-order valence-electron chi connectivity index (χ0n) is 36.8. The Labute approximate surface area is 366 Å². The molecule has 13 heteroatoms. The number of aliphatic carboxylic acids is 1. The van der Waals surface area contributed by atoms with Gasteiger partial charge >= 0.3 is 25.7 Å². The van der Waals surface area contributed by atoms with E-state index in [1.54, 1.807) is 18.2 Å². The zero-order valence-corrected chi connectivity index (χ0v) is 37.7. The molecule has 0 bridgehead atoms. The second-order valence-corrected chi connectivity index (χ2v) is 15.7. The van der Waals surface area contributed by atoms with Crippen molar-refractivity contribution in [2.45, 2.75) is 154 Å². The number of allylic oxidation sites excluding steroid dienone is 16. The lowest BCUT2D eigenvalue weighted by Gasteiger charge is -2.20. The molecule has 0 radical (unpaired) electrons. The summed E-state index contributed by atoms with van der Waals surface area (Å²) in [5.41, 5.74) is 5.32. The van der Waals surface area contributed by atoms with Crippen LogP contribution in [-0.4, -0.2) is 71.1 Å². The van der Waals surface area contributed by atoms with E-state index in [0.717, 1.165) is 64.2 Å². The number of carbonyl (C=O) groups excluding carboxylic acids is 2. The number of aliphatic hydroxyl groups excluding tert-OH is 1. The van der Waals surface area contributed by atoms with Crippen LogP contribution in [0.5, 0.6) is 0 Å². The van der Waals surface area contributed by atoms with Gasteiger partial charge in [-0.15, -0.1) is 0 Å². The molecule has 12 nitrogen and oxygen atoms in total. The van der Waals surface area contributed by atoms with Gasteiger partial charge in [-0.25, -0.2) is 4.57 Å². The number of carboxylic acid groups (broad SMARTS) is 1. The highest BCUT2D eigenvalue weighted by Crippen LogP contribution is 2.43. The van der Waals surface area contributed by atoms with Gasteiger partial charge in [0.25, 0.3) is 0 Å². The van der Waals surface area contributed by atoms with Crippen LogP contribution in [0.25, 0.3) is 0 Å². The summed E-state index contributed by atoms with van der Waals surface area (Å²) in [5, 5.41) is 19.0. The summed E-state index contributed by atoms with van der Waals surface area (Å²) in [7, 11) is -4.77. The third-order valence-corrected chi connectivity index (χ3v) is 9.54. The number of esters is 2. The number of phosphoric acid groups is 1. The number of hydrogen-bond donors (Lipinski definition) is 4. The van der Waals surface area contributed by atoms with Gasteiger partial charge in [0.15, 0.2) is 6.10 Å². The van der Waals surface area contributed by atoms with Gasteiger partial charge in [0, 0.05) is 12.8 Å². The Kier molecular flexibility index (Phi) is 38.8. The van der Waals surface area contributed by atoms with Gasteiger partial charge in [-0.05, 0) is 89.9 Å². The van der Waals surface area contributed by atoms with Crippen molar-refractivity contribution >= 4 is 25.7 Å². The monoisotopic (exact) mass is 874 g/mol. The maximum atomic E-state index is 12.6. The molecule has 5 N–H and O–H groups in total. The smallest absolute Gasteiger partial charge is 0.472 e. The molecule has 2 unspecified atom stereocenters. The minimum absolute atomic E-state index is 0.0115. The summed E-state index contributed by atoms with van der Waals surface area (Å²) in [6.45, 7) is 2.45. The van der Waals surface area contributed by atoms with Gasteiger partial charge in [0.2, 0.25) is 0 Å². The number of carboxylic acids is 1. The molecule has 0 saturated heterocycles. The summed E-state index contributed by atoms with van der Waals surface area (Å²) in [6, 6.07) is -1.56. The van der Waals surface area contributed by atoms with E-state index in [1.807, 2.05) is 18.2 Å². The largest absolute Gasteiger partial charge is 0.480 e. The first-order valence-corrected chi connectivity index (χ1v) is 23.5. The average molecular weight is 874 g/mol. The number of rotatable bonds is 39. The van der Waals surface area contributed by atoms with Crippen LogP contribution >= 0.6 is 7.82 Å². The molecule has 0 spiro atoms. The number of phosphoric ester groups is 1. The van der Waals surface area contributed by atoms with E-state index in [0.29, 0.717) is 25.7 Å². The van der Waals surface area contributed by atoms with E-state index in [1.165, 1.54) is 19.3 Å². The molecule has 4 atom stereocenters. The van der Waals surface area contributed by atoms with Gasteiger partial charge in [0.05, 0.1) is 19.3 Å². The lowest BCUT2D eigenvalue weighted by atomic mass is 10.1. The van der Waals surface area contributed by atoms with Crippen LogP contribution in [-0.2, 0) is 37.5 Å². The Bertz CT molecular complexity index is 1460. The van der Waals surface area contributed by atoms with Crippen molar-refractivity contribution in [1.82, 2.24) is 0 Å². The predicted octanol–water partition coefficient (Wildman–Crippen LogP) is 10.8. The Morgan fingerprint density at radius 2 is 1.13 bits per heavy atom. The van der Waals surface area contributed by atoms with E-state index >= 15 is 0 Å². The van der Waals surface area contributed by atoms with Crippen LogP contribution < -0.4 is 5.73 Å². The molecule has 0 heterocycles. The normalized spacial score (nSPS) is 15.2. The number of unbranched alkanes of at least 4 members (excludes halogenated alkanes) is 7. The van der Waals surface area contributed by atoms with Crippen LogP contribution in [0.3, 0.4) is 0 Å². The summed E-state index contributed by atoms with van der Waals surface area (Å²) >= 11 is 0. The Morgan fingerprint density at radius 1 is 0.607 bits per heavy atom. The second kappa shape index (κ2) is 41.5. The number of carbonyl (C=O) groups is 3. The van der Waals surface area contributed by atoms with E-state index in [-0.39, 0.29) is 12.8 Å². The first-order chi connectivity index (χ1) is 29.5. The van der Waals surface area contributed by atoms with Crippen molar-refractivity contribution in [1.29, 1.82) is 0 Å². The number of ether oxygens (including phenoxy) is 2. The third-order valence-electron chi connectivity index (χ3n) is 8.59. The van der Waals surface area contributed by atoms with Gasteiger partial charge in [-0.2, -0.15) is 0 Å². The molecule has 0 aromatic carbocycles. The summed E-state index contributed by atoms with van der Waals surface area (Å²) in [6.07, 6.45) is 50.4.